The van der Waals surface area contributed by atoms with Crippen molar-refractivity contribution in [2.24, 2.45) is 5.73 Å². The number of rotatable bonds is 5. The normalized spacial score (nSPS) is 10.9. The average Bonchev–Trinajstić information content (AvgIpc) is 2.15. The topological polar surface area (TPSA) is 29.3 Å². The number of aryl methyl sites for hydroxylation is 1. The maximum atomic E-state index is 5.47. The summed E-state index contributed by atoms with van der Waals surface area (Å²) in [4.78, 5) is 2.31. The van der Waals surface area contributed by atoms with Gasteiger partial charge in [-0.1, -0.05) is 29.8 Å². The predicted molar refractivity (Wildman–Crippen MR) is 61.2 cm³/mol. The molecule has 78 valence electrons. The van der Waals surface area contributed by atoms with Crippen molar-refractivity contribution in [1.29, 1.82) is 0 Å². The molecule has 0 aromatic heterocycles. The molecule has 0 heterocycles. The third kappa shape index (κ3) is 3.90. The largest absolute Gasteiger partial charge is 0.330 e. The van der Waals surface area contributed by atoms with Crippen molar-refractivity contribution < 1.29 is 0 Å². The van der Waals surface area contributed by atoms with Crippen LogP contribution in [0.15, 0.2) is 24.3 Å². The van der Waals surface area contributed by atoms with Crippen molar-refractivity contribution >= 4 is 0 Å². The van der Waals surface area contributed by atoms with Crippen molar-refractivity contribution in [2.45, 2.75) is 19.9 Å². The van der Waals surface area contributed by atoms with E-state index in [9.17, 15) is 0 Å². The second-order valence-electron chi connectivity index (χ2n) is 3.87. The average molecular weight is 192 g/mol. The lowest BCUT2D eigenvalue weighted by molar-refractivity contribution is 0.324. The van der Waals surface area contributed by atoms with Gasteiger partial charge in [0, 0.05) is 6.54 Å². The Hall–Kier alpha value is -0.860. The van der Waals surface area contributed by atoms with Gasteiger partial charge < -0.3 is 10.6 Å². The Bertz CT molecular complexity index is 271. The first kappa shape index (κ1) is 11.2. The van der Waals surface area contributed by atoms with Gasteiger partial charge in [0.25, 0.3) is 0 Å². The summed E-state index contributed by atoms with van der Waals surface area (Å²) in [5, 5.41) is 0. The second kappa shape index (κ2) is 5.78. The summed E-state index contributed by atoms with van der Waals surface area (Å²) in [5.41, 5.74) is 8.18. The molecule has 14 heavy (non-hydrogen) atoms. The van der Waals surface area contributed by atoms with E-state index in [1.54, 1.807) is 0 Å². The summed E-state index contributed by atoms with van der Waals surface area (Å²) in [7, 11) is 2.14. The molecule has 2 N–H and O–H groups in total. The number of benzene rings is 1. The van der Waals surface area contributed by atoms with Gasteiger partial charge in [-0.05, 0) is 39.0 Å². The molecule has 0 aliphatic carbocycles. The van der Waals surface area contributed by atoms with Crippen LogP contribution in [-0.2, 0) is 6.54 Å². The first-order chi connectivity index (χ1) is 6.72. The van der Waals surface area contributed by atoms with Gasteiger partial charge in [-0.2, -0.15) is 0 Å². The summed E-state index contributed by atoms with van der Waals surface area (Å²) in [6.07, 6.45) is 1.07. The fourth-order valence-electron chi connectivity index (χ4n) is 1.56. The number of hydrogen-bond acceptors (Lipinski definition) is 2. The summed E-state index contributed by atoms with van der Waals surface area (Å²) < 4.78 is 0. The molecule has 1 aromatic rings. The lowest BCUT2D eigenvalue weighted by Crippen LogP contribution is -2.21. The Morgan fingerprint density at radius 3 is 2.79 bits per heavy atom. The highest BCUT2D eigenvalue weighted by Gasteiger charge is 1.99. The van der Waals surface area contributed by atoms with Gasteiger partial charge in [0.2, 0.25) is 0 Å². The smallest absolute Gasteiger partial charge is 0.0230 e. The zero-order valence-corrected chi connectivity index (χ0v) is 9.16. The van der Waals surface area contributed by atoms with Crippen LogP contribution in [0.5, 0.6) is 0 Å². The van der Waals surface area contributed by atoms with Crippen LogP contribution in [-0.4, -0.2) is 25.0 Å². The molecule has 2 heteroatoms. The summed E-state index contributed by atoms with van der Waals surface area (Å²) in [5.74, 6) is 0. The molecule has 1 aromatic carbocycles. The summed E-state index contributed by atoms with van der Waals surface area (Å²) >= 11 is 0. The van der Waals surface area contributed by atoms with Crippen LogP contribution >= 0.6 is 0 Å². The molecule has 0 aliphatic heterocycles. The highest BCUT2D eigenvalue weighted by atomic mass is 15.1. The monoisotopic (exact) mass is 192 g/mol. The molecule has 0 saturated carbocycles. The van der Waals surface area contributed by atoms with E-state index in [0.717, 1.165) is 26.1 Å². The molecule has 0 aliphatic rings. The minimum atomic E-state index is 0.776. The lowest BCUT2D eigenvalue weighted by Gasteiger charge is -2.16. The van der Waals surface area contributed by atoms with Crippen LogP contribution in [0.3, 0.4) is 0 Å². The molecule has 2 nitrogen and oxygen atoms in total. The Labute approximate surface area is 86.7 Å². The highest BCUT2D eigenvalue weighted by molar-refractivity contribution is 5.21. The molecular weight excluding hydrogens is 172 g/mol. The SMILES string of the molecule is Cc1cccc(CN(C)CCCN)c1. The molecule has 0 atom stereocenters. The van der Waals surface area contributed by atoms with Gasteiger partial charge in [-0.15, -0.1) is 0 Å². The van der Waals surface area contributed by atoms with Crippen LogP contribution in [0.4, 0.5) is 0 Å². The predicted octanol–water partition coefficient (Wildman–Crippen LogP) is 1.78. The van der Waals surface area contributed by atoms with Crippen LogP contribution in [0.25, 0.3) is 0 Å². The van der Waals surface area contributed by atoms with Crippen LogP contribution in [0.2, 0.25) is 0 Å². The van der Waals surface area contributed by atoms with Crippen LogP contribution in [0.1, 0.15) is 17.5 Å². The van der Waals surface area contributed by atoms with Crippen molar-refractivity contribution in [3.63, 3.8) is 0 Å². The maximum absolute atomic E-state index is 5.47. The quantitative estimate of drug-likeness (QED) is 0.770. The Morgan fingerprint density at radius 2 is 2.14 bits per heavy atom. The van der Waals surface area contributed by atoms with E-state index < -0.39 is 0 Å². The van der Waals surface area contributed by atoms with Crippen LogP contribution < -0.4 is 5.73 Å². The highest BCUT2D eigenvalue weighted by Crippen LogP contribution is 2.06. The molecule has 0 saturated heterocycles. The fraction of sp³-hybridized carbons (Fsp3) is 0.500. The molecule has 0 bridgehead atoms. The molecule has 0 fully saturated rings. The van der Waals surface area contributed by atoms with Gasteiger partial charge in [0.05, 0.1) is 0 Å². The summed E-state index contributed by atoms with van der Waals surface area (Å²) in [6, 6.07) is 8.65. The Balaban J connectivity index is 2.43. The number of nitrogens with zero attached hydrogens (tertiary/aromatic N) is 1. The molecule has 0 radical (unpaired) electrons. The van der Waals surface area contributed by atoms with E-state index in [1.807, 2.05) is 0 Å². The minimum Gasteiger partial charge on any atom is -0.330 e. The third-order valence-electron chi connectivity index (χ3n) is 2.28. The molecule has 0 spiro atoms. The molecular formula is C12H20N2. The standard InChI is InChI=1S/C12H20N2/c1-11-5-3-6-12(9-11)10-14(2)8-4-7-13/h3,5-6,9H,4,7-8,10,13H2,1-2H3. The summed E-state index contributed by atoms with van der Waals surface area (Å²) in [6.45, 7) is 4.99. The van der Waals surface area contributed by atoms with Crippen molar-refractivity contribution in [3.05, 3.63) is 35.4 Å². The van der Waals surface area contributed by atoms with Gasteiger partial charge >= 0.3 is 0 Å². The van der Waals surface area contributed by atoms with E-state index in [4.69, 9.17) is 5.73 Å². The van der Waals surface area contributed by atoms with E-state index in [1.165, 1.54) is 11.1 Å². The van der Waals surface area contributed by atoms with Gasteiger partial charge in [-0.25, -0.2) is 0 Å². The van der Waals surface area contributed by atoms with Crippen molar-refractivity contribution in [3.8, 4) is 0 Å². The van der Waals surface area contributed by atoms with E-state index in [-0.39, 0.29) is 0 Å². The Morgan fingerprint density at radius 1 is 1.36 bits per heavy atom. The Kier molecular flexibility index (Phi) is 4.63. The number of hydrogen-bond donors (Lipinski definition) is 1. The first-order valence-electron chi connectivity index (χ1n) is 5.16. The minimum absolute atomic E-state index is 0.776. The van der Waals surface area contributed by atoms with Crippen molar-refractivity contribution in [1.82, 2.24) is 4.90 Å². The van der Waals surface area contributed by atoms with Crippen molar-refractivity contribution in [2.75, 3.05) is 20.1 Å². The zero-order chi connectivity index (χ0) is 10.4. The first-order valence-corrected chi connectivity index (χ1v) is 5.16. The van der Waals surface area contributed by atoms with Gasteiger partial charge in [-0.3, -0.25) is 0 Å². The second-order valence-corrected chi connectivity index (χ2v) is 3.87. The van der Waals surface area contributed by atoms with E-state index in [2.05, 4.69) is 43.1 Å². The molecule has 1 rings (SSSR count). The third-order valence-corrected chi connectivity index (χ3v) is 2.28. The molecule has 0 unspecified atom stereocenters. The van der Waals surface area contributed by atoms with E-state index in [0.29, 0.717) is 0 Å². The molecule has 0 amide bonds. The zero-order valence-electron chi connectivity index (χ0n) is 9.16. The fourth-order valence-corrected chi connectivity index (χ4v) is 1.56. The number of nitrogens with two attached hydrogens (primary N) is 1. The van der Waals surface area contributed by atoms with E-state index >= 15 is 0 Å². The van der Waals surface area contributed by atoms with Gasteiger partial charge in [0.1, 0.15) is 0 Å². The maximum Gasteiger partial charge on any atom is 0.0230 e. The lowest BCUT2D eigenvalue weighted by atomic mass is 10.1. The van der Waals surface area contributed by atoms with Gasteiger partial charge in [0.15, 0.2) is 0 Å². The van der Waals surface area contributed by atoms with Crippen LogP contribution in [0, 0.1) is 6.92 Å².